The lowest BCUT2D eigenvalue weighted by Gasteiger charge is -2.49. The van der Waals surface area contributed by atoms with Gasteiger partial charge in [-0.05, 0) is 25.0 Å². The van der Waals surface area contributed by atoms with E-state index in [1.807, 2.05) is 74.5 Å². The summed E-state index contributed by atoms with van der Waals surface area (Å²) >= 11 is 5.05. The van der Waals surface area contributed by atoms with E-state index in [9.17, 15) is 14.4 Å². The second-order valence-electron chi connectivity index (χ2n) is 8.56. The van der Waals surface area contributed by atoms with Gasteiger partial charge in [0.2, 0.25) is 5.91 Å². The smallest absolute Gasteiger partial charge is 0.407 e. The van der Waals surface area contributed by atoms with Gasteiger partial charge in [-0.15, -0.1) is 11.8 Å². The second-order valence-corrected chi connectivity index (χ2v) is 11.7. The first-order valence-corrected chi connectivity index (χ1v) is 12.2. The molecule has 2 aliphatic rings. The molecule has 9 heteroatoms. The lowest BCUT2D eigenvalue weighted by Crippen LogP contribution is -2.73. The van der Waals surface area contributed by atoms with Gasteiger partial charge in [0.05, 0.1) is 0 Å². The van der Waals surface area contributed by atoms with E-state index in [4.69, 9.17) is 9.47 Å². The minimum atomic E-state index is -1.00. The minimum Gasteiger partial charge on any atom is -0.459 e. The summed E-state index contributed by atoms with van der Waals surface area (Å²) in [5, 5.41) is 2.36. The summed E-state index contributed by atoms with van der Waals surface area (Å²) in [5.41, 5.74) is 1.76. The van der Waals surface area contributed by atoms with Crippen LogP contribution < -0.4 is 5.32 Å². The summed E-state index contributed by atoms with van der Waals surface area (Å²) in [6, 6.07) is 18.1. The third kappa shape index (κ3) is 4.75. The van der Waals surface area contributed by atoms with Crippen LogP contribution in [0.25, 0.3) is 0 Å². The number of halogens is 1. The number of amides is 2. The number of ether oxygens (including phenoxy) is 2. The largest absolute Gasteiger partial charge is 0.459 e. The second kappa shape index (κ2) is 9.38. The predicted molar refractivity (Wildman–Crippen MR) is 129 cm³/mol. The topological polar surface area (TPSA) is 84.9 Å². The first kappa shape index (κ1) is 23.6. The third-order valence-electron chi connectivity index (χ3n) is 5.74. The van der Waals surface area contributed by atoms with Crippen molar-refractivity contribution in [1.29, 1.82) is 0 Å². The number of hydrogen-bond donors (Lipinski definition) is 1. The summed E-state index contributed by atoms with van der Waals surface area (Å²) in [6.07, 6.45) is -0.606. The van der Waals surface area contributed by atoms with Gasteiger partial charge in [-0.2, -0.15) is 0 Å². The van der Waals surface area contributed by atoms with Crippen molar-refractivity contribution in [1.82, 2.24) is 10.2 Å². The van der Waals surface area contributed by atoms with Crippen LogP contribution in [0.5, 0.6) is 0 Å². The fourth-order valence-corrected chi connectivity index (χ4v) is 6.48. The van der Waals surface area contributed by atoms with Crippen molar-refractivity contribution in [3.63, 3.8) is 0 Å². The van der Waals surface area contributed by atoms with Gasteiger partial charge in [-0.1, -0.05) is 76.6 Å². The molecule has 0 bridgehead atoms. The van der Waals surface area contributed by atoms with E-state index < -0.39 is 27.2 Å². The van der Waals surface area contributed by atoms with Crippen molar-refractivity contribution < 1.29 is 23.9 Å². The van der Waals surface area contributed by atoms with E-state index in [-0.39, 0.29) is 31.0 Å². The molecule has 1 N–H and O–H groups in total. The van der Waals surface area contributed by atoms with E-state index in [0.29, 0.717) is 0 Å². The third-order valence-corrected chi connectivity index (χ3v) is 8.78. The molecule has 0 unspecified atom stereocenters. The summed E-state index contributed by atoms with van der Waals surface area (Å²) in [5.74, 6) is -0.687. The highest BCUT2D eigenvalue weighted by Gasteiger charge is 2.70. The van der Waals surface area contributed by atoms with Crippen molar-refractivity contribution in [2.45, 2.75) is 47.5 Å². The Balaban J connectivity index is 1.34. The molecule has 0 aromatic heterocycles. The van der Waals surface area contributed by atoms with Crippen LogP contribution in [0.15, 0.2) is 60.7 Å². The number of carbonyl (C=O) groups is 3. The number of fused-ring (bicyclic) bond motifs is 1. The molecular weight excluding hydrogens is 508 g/mol. The maximum atomic E-state index is 13.1. The summed E-state index contributed by atoms with van der Waals surface area (Å²) in [4.78, 5) is 39.8. The Hall–Kier alpha value is -2.52. The SMILES string of the molecule is CC1(C)S[C@H]2N(C(=O)[C@]2(Br)CNC(=O)OCc2ccccc2)[C@H]1C(=O)OCc1ccccc1. The van der Waals surface area contributed by atoms with Crippen LogP contribution in [0, 0.1) is 0 Å². The maximum Gasteiger partial charge on any atom is 0.407 e. The van der Waals surface area contributed by atoms with Crippen molar-refractivity contribution >= 4 is 45.7 Å². The van der Waals surface area contributed by atoms with Gasteiger partial charge in [-0.25, -0.2) is 9.59 Å². The monoisotopic (exact) mass is 532 g/mol. The number of carbonyl (C=O) groups excluding carboxylic acids is 3. The van der Waals surface area contributed by atoms with Crippen LogP contribution in [-0.4, -0.2) is 49.9 Å². The Morgan fingerprint density at radius 3 is 2.12 bits per heavy atom. The highest BCUT2D eigenvalue weighted by Crippen LogP contribution is 2.57. The molecule has 2 saturated heterocycles. The molecule has 2 aromatic carbocycles. The molecular formula is C24H25BrN2O5S. The molecule has 0 spiro atoms. The summed E-state index contributed by atoms with van der Waals surface area (Å²) < 4.78 is 9.22. The van der Waals surface area contributed by atoms with E-state index in [0.717, 1.165) is 11.1 Å². The van der Waals surface area contributed by atoms with Crippen LogP contribution in [0.2, 0.25) is 0 Å². The van der Waals surface area contributed by atoms with Crippen molar-refractivity contribution in [2.75, 3.05) is 6.54 Å². The van der Waals surface area contributed by atoms with E-state index >= 15 is 0 Å². The average molecular weight is 533 g/mol. The number of esters is 1. The molecule has 0 saturated carbocycles. The van der Waals surface area contributed by atoms with E-state index in [1.54, 1.807) is 4.90 Å². The Morgan fingerprint density at radius 2 is 1.55 bits per heavy atom. The Kier molecular flexibility index (Phi) is 6.72. The Labute approximate surface area is 205 Å². The number of β-lactam (4-membered cyclic amide) rings is 1. The molecule has 0 aliphatic carbocycles. The molecule has 0 radical (unpaired) electrons. The normalized spacial score (nSPS) is 25.1. The van der Waals surface area contributed by atoms with Gasteiger partial charge >= 0.3 is 12.1 Å². The molecule has 4 rings (SSSR count). The number of nitrogens with zero attached hydrogens (tertiary/aromatic N) is 1. The lowest BCUT2D eigenvalue weighted by atomic mass is 9.91. The van der Waals surface area contributed by atoms with Crippen LogP contribution >= 0.6 is 27.7 Å². The van der Waals surface area contributed by atoms with E-state index in [2.05, 4.69) is 21.2 Å². The molecule has 2 aliphatic heterocycles. The van der Waals surface area contributed by atoms with Crippen LogP contribution in [-0.2, 0) is 32.3 Å². The molecule has 3 atom stereocenters. The molecule has 33 heavy (non-hydrogen) atoms. The van der Waals surface area contributed by atoms with Gasteiger partial charge < -0.3 is 19.7 Å². The Morgan fingerprint density at radius 1 is 1.00 bits per heavy atom. The Bertz CT molecular complexity index is 1040. The number of alkyl halides is 1. The van der Waals surface area contributed by atoms with Crippen LogP contribution in [0.4, 0.5) is 4.79 Å². The number of hydrogen-bond acceptors (Lipinski definition) is 6. The highest BCUT2D eigenvalue weighted by atomic mass is 79.9. The number of nitrogens with one attached hydrogen (secondary N) is 1. The molecule has 174 valence electrons. The molecule has 2 fully saturated rings. The van der Waals surface area contributed by atoms with Crippen molar-refractivity contribution in [3.8, 4) is 0 Å². The van der Waals surface area contributed by atoms with E-state index in [1.165, 1.54) is 11.8 Å². The lowest BCUT2D eigenvalue weighted by molar-refractivity contribution is -0.164. The highest BCUT2D eigenvalue weighted by molar-refractivity contribution is 9.10. The van der Waals surface area contributed by atoms with Gasteiger partial charge in [-0.3, -0.25) is 4.79 Å². The molecule has 2 heterocycles. The standard InChI is InChI=1S/C24H25BrN2O5S/c1-23(2)18(19(28)31-13-16-9-5-3-6-10-16)27-20(29)24(25,21(27)33-23)15-26-22(30)32-14-17-11-7-4-8-12-17/h3-12,18,21H,13-15H2,1-2H3,(H,26,30)/t18-,21+,24+/m0/s1. The number of thioether (sulfide) groups is 1. The van der Waals surface area contributed by atoms with Crippen LogP contribution in [0.3, 0.4) is 0 Å². The quantitative estimate of drug-likeness (QED) is 0.331. The first-order valence-electron chi connectivity index (χ1n) is 10.6. The van der Waals surface area contributed by atoms with Crippen LogP contribution in [0.1, 0.15) is 25.0 Å². The summed E-state index contributed by atoms with van der Waals surface area (Å²) in [6.45, 7) is 4.19. The van der Waals surface area contributed by atoms with Crippen molar-refractivity contribution in [3.05, 3.63) is 71.8 Å². The average Bonchev–Trinajstić information content (AvgIpc) is 3.10. The zero-order valence-electron chi connectivity index (χ0n) is 18.3. The summed E-state index contributed by atoms with van der Waals surface area (Å²) in [7, 11) is 0. The predicted octanol–water partition coefficient (Wildman–Crippen LogP) is 3.85. The van der Waals surface area contributed by atoms with Gasteiger partial charge in [0.25, 0.3) is 0 Å². The number of alkyl carbamates (subject to hydrolysis) is 1. The minimum absolute atomic E-state index is 0.0511. The van der Waals surface area contributed by atoms with Gasteiger partial charge in [0.1, 0.15) is 24.6 Å². The van der Waals surface area contributed by atoms with Gasteiger partial charge in [0, 0.05) is 11.3 Å². The maximum absolute atomic E-state index is 13.1. The fourth-order valence-electron chi connectivity index (χ4n) is 4.01. The first-order chi connectivity index (χ1) is 15.7. The number of rotatable bonds is 7. The number of benzene rings is 2. The van der Waals surface area contributed by atoms with Crippen molar-refractivity contribution in [2.24, 2.45) is 0 Å². The fraction of sp³-hybridized carbons (Fsp3) is 0.375. The molecule has 2 aromatic rings. The zero-order chi connectivity index (χ0) is 23.6. The zero-order valence-corrected chi connectivity index (χ0v) is 20.7. The molecule has 7 nitrogen and oxygen atoms in total. The van der Waals surface area contributed by atoms with Gasteiger partial charge in [0.15, 0.2) is 4.32 Å². The molecule has 2 amide bonds.